The molecular formula is C46H38O9. The van der Waals surface area contributed by atoms with Crippen molar-refractivity contribution in [2.45, 2.75) is 41.7 Å². The highest BCUT2D eigenvalue weighted by molar-refractivity contribution is 6.09. The predicted molar refractivity (Wildman–Crippen MR) is 204 cm³/mol. The minimum Gasteiger partial charge on any atom is -0.461 e. The first-order valence-corrected chi connectivity index (χ1v) is 17.7. The highest BCUT2D eigenvalue weighted by Gasteiger charge is 2.79. The number of aliphatic hydroxyl groups is 4. The van der Waals surface area contributed by atoms with Crippen LogP contribution in [0.4, 0.5) is 0 Å². The Labute approximate surface area is 317 Å². The third-order valence-electron chi connectivity index (χ3n) is 10.2. The van der Waals surface area contributed by atoms with E-state index in [1.165, 1.54) is 48.5 Å². The van der Waals surface area contributed by atoms with Crippen molar-refractivity contribution in [3.05, 3.63) is 198 Å². The summed E-state index contributed by atoms with van der Waals surface area (Å²) in [5.74, 6) is -3.27. The number of aliphatic hydroxyl groups excluding tert-OH is 1. The lowest BCUT2D eigenvalue weighted by molar-refractivity contribution is -0.361. The number of Topliss-reactive ketones (excluding diaryl/α,β-unsaturated/α-hetero) is 3. The van der Waals surface area contributed by atoms with E-state index in [9.17, 15) is 34.8 Å². The zero-order chi connectivity index (χ0) is 38.6. The normalized spacial score (nSPS) is 24.0. The molecule has 0 radical (unpaired) electrons. The van der Waals surface area contributed by atoms with Crippen molar-refractivity contribution in [3.8, 4) is 16.9 Å². The molecule has 0 amide bonds. The molecule has 0 saturated carbocycles. The van der Waals surface area contributed by atoms with Crippen molar-refractivity contribution >= 4 is 17.3 Å². The quantitative estimate of drug-likeness (QED) is 0.113. The molecule has 55 heavy (non-hydrogen) atoms. The van der Waals surface area contributed by atoms with Crippen molar-refractivity contribution < 1.29 is 44.3 Å². The molecule has 1 aliphatic heterocycles. The molecule has 6 aromatic rings. The summed E-state index contributed by atoms with van der Waals surface area (Å²) in [4.78, 5) is 43.8. The van der Waals surface area contributed by atoms with Gasteiger partial charge in [-0.15, -0.1) is 0 Å². The lowest BCUT2D eigenvalue weighted by atomic mass is 9.58. The Morgan fingerprint density at radius 3 is 1.47 bits per heavy atom. The third-order valence-corrected chi connectivity index (χ3v) is 10.2. The van der Waals surface area contributed by atoms with Crippen LogP contribution in [0.2, 0.25) is 0 Å². The van der Waals surface area contributed by atoms with Crippen molar-refractivity contribution in [2.24, 2.45) is 0 Å². The number of carbonyl (C=O) groups excluding carboxylic acids is 3. The summed E-state index contributed by atoms with van der Waals surface area (Å²) >= 11 is 0. The first-order chi connectivity index (χ1) is 26.6. The van der Waals surface area contributed by atoms with Gasteiger partial charge >= 0.3 is 0 Å². The average Bonchev–Trinajstić information content (AvgIpc) is 3.24. The van der Waals surface area contributed by atoms with Crippen LogP contribution in [0.25, 0.3) is 11.1 Å². The second-order valence-electron chi connectivity index (χ2n) is 13.5. The minimum atomic E-state index is -3.38. The first kappa shape index (κ1) is 37.3. The number of carbonyl (C=O) groups is 3. The third kappa shape index (κ3) is 6.69. The summed E-state index contributed by atoms with van der Waals surface area (Å²) in [6, 6.07) is 46.8. The Hall–Kier alpha value is -6.07. The average molecular weight is 735 g/mol. The van der Waals surface area contributed by atoms with Gasteiger partial charge in [0.1, 0.15) is 23.6 Å². The van der Waals surface area contributed by atoms with E-state index in [1.54, 1.807) is 97.1 Å². The SMILES string of the molecule is O=C(c1ccccc1)C(O)[C@H]1O[C@H](Oc2ccc(-c3ccccc3)cc2)[C@](O)(C(=O)c2ccccc2)[C@](O)(Cc2ccccc2)[C@@]1(O)C(=O)c1ccccc1. The Balaban J connectivity index is 1.46. The van der Waals surface area contributed by atoms with Crippen LogP contribution in [0.15, 0.2) is 176 Å². The molecule has 0 aromatic heterocycles. The van der Waals surface area contributed by atoms with Gasteiger partial charge in [0.05, 0.1) is 0 Å². The van der Waals surface area contributed by atoms with E-state index in [1.807, 2.05) is 30.3 Å². The largest absolute Gasteiger partial charge is 0.461 e. The number of ketones is 3. The van der Waals surface area contributed by atoms with Crippen LogP contribution < -0.4 is 4.74 Å². The first-order valence-electron chi connectivity index (χ1n) is 17.7. The van der Waals surface area contributed by atoms with Crippen LogP contribution >= 0.6 is 0 Å². The number of benzene rings is 6. The summed E-state index contributed by atoms with van der Waals surface area (Å²) in [5.41, 5.74) is -8.17. The number of hydrogen-bond donors (Lipinski definition) is 4. The number of ether oxygens (including phenoxy) is 2. The van der Waals surface area contributed by atoms with Gasteiger partial charge in [-0.05, 0) is 28.8 Å². The summed E-state index contributed by atoms with van der Waals surface area (Å²) in [5, 5.41) is 51.8. The fraction of sp³-hybridized carbons (Fsp3) is 0.152. The van der Waals surface area contributed by atoms with E-state index in [0.29, 0.717) is 5.56 Å². The molecule has 1 aliphatic rings. The van der Waals surface area contributed by atoms with Crippen LogP contribution in [0.3, 0.4) is 0 Å². The molecule has 0 aliphatic carbocycles. The van der Waals surface area contributed by atoms with Gasteiger partial charge in [0.2, 0.25) is 17.7 Å². The van der Waals surface area contributed by atoms with Crippen molar-refractivity contribution in [2.75, 3.05) is 0 Å². The monoisotopic (exact) mass is 734 g/mol. The van der Waals surface area contributed by atoms with E-state index in [4.69, 9.17) is 9.47 Å². The molecule has 4 N–H and O–H groups in total. The van der Waals surface area contributed by atoms with Gasteiger partial charge in [0.25, 0.3) is 0 Å². The van der Waals surface area contributed by atoms with E-state index < -0.39 is 59.1 Å². The van der Waals surface area contributed by atoms with Crippen LogP contribution in [-0.2, 0) is 11.2 Å². The fourth-order valence-electron chi connectivity index (χ4n) is 7.25. The van der Waals surface area contributed by atoms with Gasteiger partial charge in [0.15, 0.2) is 17.2 Å². The van der Waals surface area contributed by atoms with Crippen molar-refractivity contribution in [3.63, 3.8) is 0 Å². The molecule has 9 heteroatoms. The summed E-state index contributed by atoms with van der Waals surface area (Å²) in [6.07, 6.45) is -7.59. The van der Waals surface area contributed by atoms with Gasteiger partial charge in [-0.2, -0.15) is 0 Å². The lowest BCUT2D eigenvalue weighted by Crippen LogP contribution is -2.86. The summed E-state index contributed by atoms with van der Waals surface area (Å²) in [6.45, 7) is 0. The van der Waals surface area contributed by atoms with Crippen LogP contribution in [0.1, 0.15) is 36.6 Å². The molecule has 6 aromatic carbocycles. The Morgan fingerprint density at radius 1 is 0.545 bits per heavy atom. The summed E-state index contributed by atoms with van der Waals surface area (Å²) < 4.78 is 12.5. The smallest absolute Gasteiger partial charge is 0.240 e. The van der Waals surface area contributed by atoms with Gasteiger partial charge in [0, 0.05) is 23.1 Å². The molecule has 7 rings (SSSR count). The molecule has 9 nitrogen and oxygen atoms in total. The zero-order valence-corrected chi connectivity index (χ0v) is 29.5. The Kier molecular flexibility index (Phi) is 10.4. The molecule has 0 bridgehead atoms. The molecule has 0 spiro atoms. The van der Waals surface area contributed by atoms with Gasteiger partial charge in [-0.25, -0.2) is 0 Å². The van der Waals surface area contributed by atoms with Crippen LogP contribution in [0, 0.1) is 0 Å². The number of rotatable bonds is 12. The standard InChI is InChI=1S/C46H38O9/c47-38(34-20-10-3-11-21-34)39(48)42-45(52,40(49)35-22-12-4-13-23-35)44(51,30-31-16-6-1-7-17-31)46(53,41(50)36-24-14-5-15-25-36)43(55-42)54-37-28-26-33(27-29-37)32-18-8-2-9-19-32/h1-29,39,42-43,48,51-53H,30H2/t39?,42-,43+,44+,45-,46-/m1/s1. The molecule has 1 unspecified atom stereocenters. The molecule has 276 valence electrons. The number of hydrogen-bond acceptors (Lipinski definition) is 9. The summed E-state index contributed by atoms with van der Waals surface area (Å²) in [7, 11) is 0. The molecule has 1 saturated heterocycles. The van der Waals surface area contributed by atoms with Crippen LogP contribution in [-0.4, -0.2) is 73.1 Å². The second kappa shape index (κ2) is 15.3. The van der Waals surface area contributed by atoms with Crippen LogP contribution in [0.5, 0.6) is 5.75 Å². The van der Waals surface area contributed by atoms with Gasteiger partial charge in [-0.3, -0.25) is 14.4 Å². The topological polar surface area (TPSA) is 151 Å². The maximum Gasteiger partial charge on any atom is 0.240 e. The fourth-order valence-corrected chi connectivity index (χ4v) is 7.25. The van der Waals surface area contributed by atoms with Gasteiger partial charge in [-0.1, -0.05) is 164 Å². The minimum absolute atomic E-state index is 0.00914. The molecule has 1 heterocycles. The second-order valence-corrected chi connectivity index (χ2v) is 13.5. The zero-order valence-electron chi connectivity index (χ0n) is 29.5. The Bertz CT molecular complexity index is 2250. The molecule has 6 atom stereocenters. The van der Waals surface area contributed by atoms with E-state index in [0.717, 1.165) is 11.1 Å². The van der Waals surface area contributed by atoms with E-state index in [2.05, 4.69) is 0 Å². The van der Waals surface area contributed by atoms with E-state index >= 15 is 0 Å². The molecule has 1 fully saturated rings. The Morgan fingerprint density at radius 2 is 0.964 bits per heavy atom. The van der Waals surface area contributed by atoms with E-state index in [-0.39, 0.29) is 22.4 Å². The molecular weight excluding hydrogens is 696 g/mol. The predicted octanol–water partition coefficient (Wildman–Crippen LogP) is 5.90. The lowest BCUT2D eigenvalue weighted by Gasteiger charge is -2.59. The van der Waals surface area contributed by atoms with Crippen molar-refractivity contribution in [1.82, 2.24) is 0 Å². The van der Waals surface area contributed by atoms with Gasteiger partial charge < -0.3 is 29.9 Å². The highest BCUT2D eigenvalue weighted by atomic mass is 16.7. The highest BCUT2D eigenvalue weighted by Crippen LogP contribution is 2.51. The maximum atomic E-state index is 14.9. The maximum absolute atomic E-state index is 14.9. The van der Waals surface area contributed by atoms with Crippen molar-refractivity contribution in [1.29, 1.82) is 0 Å².